The number of likely N-dealkylation sites (N-methyl/N-ethyl adjacent to an activating group) is 1. The average Bonchev–Trinajstić information content (AvgIpc) is 3.68. The second kappa shape index (κ2) is 18.5. The molecular weight excluding hydrogens is 808 g/mol. The molecule has 2 saturated heterocycles. The van der Waals surface area contributed by atoms with Crippen LogP contribution in [0.3, 0.4) is 0 Å². The summed E-state index contributed by atoms with van der Waals surface area (Å²) in [7, 11) is 3.50. The number of aliphatic imine (C=N–C) groups is 1. The van der Waals surface area contributed by atoms with Crippen LogP contribution in [0.15, 0.2) is 75.5 Å². The Morgan fingerprint density at radius 1 is 1.03 bits per heavy atom. The molecular formula is C41H51FN12O8. The summed E-state index contributed by atoms with van der Waals surface area (Å²) >= 11 is 0. The number of imidazole rings is 1. The molecule has 7 N–H and O–H groups in total. The van der Waals surface area contributed by atoms with Crippen molar-refractivity contribution in [3.63, 3.8) is 0 Å². The van der Waals surface area contributed by atoms with Gasteiger partial charge in [0.05, 0.1) is 62.0 Å². The molecule has 0 bridgehead atoms. The predicted molar refractivity (Wildman–Crippen MR) is 224 cm³/mol. The number of alkyl halides is 1. The van der Waals surface area contributed by atoms with E-state index in [4.69, 9.17) is 9.47 Å². The van der Waals surface area contributed by atoms with Crippen molar-refractivity contribution in [1.82, 2.24) is 44.9 Å². The van der Waals surface area contributed by atoms with E-state index in [1.807, 2.05) is 18.0 Å². The number of pyridine rings is 1. The third-order valence-electron chi connectivity index (χ3n) is 11.5. The van der Waals surface area contributed by atoms with Gasteiger partial charge in [-0.15, -0.1) is 5.10 Å². The van der Waals surface area contributed by atoms with E-state index in [-0.39, 0.29) is 60.2 Å². The van der Waals surface area contributed by atoms with Gasteiger partial charge in [0.15, 0.2) is 23.5 Å². The minimum absolute atomic E-state index is 0.120. The maximum atomic E-state index is 13.6. The highest BCUT2D eigenvalue weighted by Gasteiger charge is 2.47. The largest absolute Gasteiger partial charge is 0.385 e. The van der Waals surface area contributed by atoms with Gasteiger partial charge in [0.2, 0.25) is 5.91 Å². The van der Waals surface area contributed by atoms with Crippen molar-refractivity contribution in [3.05, 3.63) is 81.7 Å². The van der Waals surface area contributed by atoms with Crippen molar-refractivity contribution < 1.29 is 38.5 Å². The molecule has 3 aromatic rings. The topological polar surface area (TPSA) is 241 Å². The van der Waals surface area contributed by atoms with E-state index >= 15 is 0 Å². The molecule has 6 heterocycles. The first-order valence-electron chi connectivity index (χ1n) is 20.7. The van der Waals surface area contributed by atoms with Gasteiger partial charge in [0, 0.05) is 57.7 Å². The lowest BCUT2D eigenvalue weighted by atomic mass is 9.95. The average molecular weight is 859 g/mol. The van der Waals surface area contributed by atoms with Crippen LogP contribution in [0.1, 0.15) is 55.2 Å². The fourth-order valence-corrected chi connectivity index (χ4v) is 8.05. The highest BCUT2D eigenvalue weighted by molar-refractivity contribution is 6.12. The molecule has 3 aromatic heterocycles. The molecule has 6 unspecified atom stereocenters. The van der Waals surface area contributed by atoms with Gasteiger partial charge in [-0.05, 0) is 49.5 Å². The Balaban J connectivity index is 0.746. The molecule has 0 radical (unpaired) electrons. The number of carbonyl (C=O) groups is 3. The number of nitrogens with one attached hydrogen (secondary N) is 5. The number of carbonyl (C=O) groups excluding carboxylic acids is 3. The van der Waals surface area contributed by atoms with E-state index in [2.05, 4.69) is 47.7 Å². The zero-order valence-electron chi connectivity index (χ0n) is 34.4. The van der Waals surface area contributed by atoms with E-state index in [0.29, 0.717) is 68.8 Å². The Bertz CT molecular complexity index is 2380. The second-order valence-electron chi connectivity index (χ2n) is 15.7. The van der Waals surface area contributed by atoms with E-state index in [9.17, 15) is 33.8 Å². The third kappa shape index (κ3) is 9.12. The molecule has 21 heteroatoms. The molecule has 8 rings (SSSR count). The molecule has 3 fully saturated rings. The molecule has 62 heavy (non-hydrogen) atoms. The number of allylic oxidation sites excluding steroid dienone is 1. The van der Waals surface area contributed by atoms with Crippen LogP contribution in [-0.4, -0.2) is 147 Å². The molecule has 3 amide bonds. The molecule has 5 aliphatic rings. The Kier molecular flexibility index (Phi) is 12.8. The number of fused-ring (bicyclic) bond motifs is 2. The van der Waals surface area contributed by atoms with Crippen LogP contribution >= 0.6 is 0 Å². The van der Waals surface area contributed by atoms with E-state index in [0.717, 1.165) is 11.3 Å². The summed E-state index contributed by atoms with van der Waals surface area (Å²) in [6, 6.07) is 3.78. The highest BCUT2D eigenvalue weighted by Crippen LogP contribution is 2.37. The Morgan fingerprint density at radius 2 is 1.84 bits per heavy atom. The summed E-state index contributed by atoms with van der Waals surface area (Å²) in [5, 5.41) is 39.3. The number of aliphatic hydroxyl groups is 2. The Hall–Kier alpha value is -6.00. The van der Waals surface area contributed by atoms with Crippen molar-refractivity contribution in [3.8, 4) is 0 Å². The lowest BCUT2D eigenvalue weighted by Gasteiger charge is -2.37. The summed E-state index contributed by atoms with van der Waals surface area (Å²) in [5.74, 6) is -0.834. The van der Waals surface area contributed by atoms with Gasteiger partial charge in [-0.2, -0.15) is 0 Å². The smallest absolute Gasteiger partial charge is 0.276 e. The number of piperidine rings is 1. The Morgan fingerprint density at radius 3 is 2.58 bits per heavy atom. The number of anilines is 3. The first-order chi connectivity index (χ1) is 30.0. The van der Waals surface area contributed by atoms with Crippen molar-refractivity contribution in [1.29, 1.82) is 0 Å². The number of hydrogen-bond donors (Lipinski definition) is 7. The fraction of sp³-hybridized carbons (Fsp3) is 0.488. The summed E-state index contributed by atoms with van der Waals surface area (Å²) in [6.07, 6.45) is 9.67. The van der Waals surface area contributed by atoms with Crippen LogP contribution in [-0.2, 0) is 19.1 Å². The zero-order chi connectivity index (χ0) is 43.5. The molecule has 3 aliphatic heterocycles. The number of halogens is 1. The standard InChI is InChI=1S/C41H51FN12O8/c1-43-28-20-33(50-54-32(22-46-36(28)54)39(58)48-27-19-25(27)42)47-26-4-3-13-52(40(26)59)34-9-6-24(21-45-34)37(56)44-12-15-62-17-16-61-14-11-23-5-7-29-31(18-23)51(2)41(60)53(29)30-8-10-35(55)49-38(30)57/h3-6,13,18,20-22,25,27,29-30,34-35,41,43,55,60H,7-12,14-17,19H2,1-2H3,(H,44,56)(H,47,50)(H,48,58)(H,49,57)/t25-,27?,29?,30?,34?,35?,41?/m0/s1. The molecule has 0 spiro atoms. The summed E-state index contributed by atoms with van der Waals surface area (Å²) < 4.78 is 27.7. The number of ether oxygens (including phenoxy) is 2. The highest BCUT2D eigenvalue weighted by atomic mass is 19.1. The van der Waals surface area contributed by atoms with Gasteiger partial charge < -0.3 is 51.2 Å². The van der Waals surface area contributed by atoms with E-state index in [1.165, 1.54) is 21.5 Å². The first-order valence-corrected chi connectivity index (χ1v) is 20.7. The molecule has 20 nitrogen and oxygen atoms in total. The number of dihydropyridines is 1. The SMILES string of the molecule is CNc1cc(Nc2cccn(C3CC=C(C(=O)NCCOCCOCCC4=CCC5C(=C4)N(C)C(O)N5C4CCC(O)NC4=O)C=N3)c2=O)nn2c(C(=O)NC3C[C@@H]3F)cnc12. The van der Waals surface area contributed by atoms with E-state index in [1.54, 1.807) is 42.4 Å². The quantitative estimate of drug-likeness (QED) is 0.0924. The zero-order valence-corrected chi connectivity index (χ0v) is 34.4. The lowest BCUT2D eigenvalue weighted by Crippen LogP contribution is -2.58. The second-order valence-corrected chi connectivity index (χ2v) is 15.7. The summed E-state index contributed by atoms with van der Waals surface area (Å²) in [4.78, 5) is 64.2. The number of hydrogen-bond acceptors (Lipinski definition) is 15. The number of aliphatic hydroxyl groups excluding tert-OH is 2. The molecule has 330 valence electrons. The minimum atomic E-state index is -1.06. The molecule has 7 atom stereocenters. The Labute approximate surface area is 355 Å². The number of nitrogens with zero attached hydrogens (tertiary/aromatic N) is 7. The van der Waals surface area contributed by atoms with Gasteiger partial charge >= 0.3 is 0 Å². The van der Waals surface area contributed by atoms with Crippen LogP contribution in [0.5, 0.6) is 0 Å². The third-order valence-corrected chi connectivity index (χ3v) is 11.5. The number of aromatic nitrogens is 4. The molecule has 1 saturated carbocycles. The van der Waals surface area contributed by atoms with Gasteiger partial charge in [-0.3, -0.25) is 28.7 Å². The predicted octanol–water partition coefficient (Wildman–Crippen LogP) is 0.658. The van der Waals surface area contributed by atoms with Crippen LogP contribution in [0, 0.1) is 0 Å². The van der Waals surface area contributed by atoms with Crippen molar-refractivity contribution in [2.24, 2.45) is 4.99 Å². The van der Waals surface area contributed by atoms with Crippen molar-refractivity contribution >= 4 is 46.8 Å². The minimum Gasteiger partial charge on any atom is -0.385 e. The van der Waals surface area contributed by atoms with Crippen LogP contribution in [0.2, 0.25) is 0 Å². The van der Waals surface area contributed by atoms with Crippen LogP contribution in [0.4, 0.5) is 21.6 Å². The fourth-order valence-electron chi connectivity index (χ4n) is 8.05. The number of rotatable bonds is 17. The van der Waals surface area contributed by atoms with E-state index < -0.39 is 42.9 Å². The van der Waals surface area contributed by atoms with Gasteiger partial charge in [0.25, 0.3) is 17.4 Å². The molecule has 2 aliphatic carbocycles. The monoisotopic (exact) mass is 858 g/mol. The van der Waals surface area contributed by atoms with Crippen molar-refractivity contribution in [2.45, 2.75) is 81.6 Å². The molecule has 0 aromatic carbocycles. The van der Waals surface area contributed by atoms with Gasteiger partial charge in [-0.25, -0.2) is 18.8 Å². The maximum Gasteiger partial charge on any atom is 0.276 e. The van der Waals surface area contributed by atoms with Crippen LogP contribution in [0.25, 0.3) is 5.65 Å². The number of amides is 3. The maximum absolute atomic E-state index is 13.6. The summed E-state index contributed by atoms with van der Waals surface area (Å²) in [6.45, 7) is 1.76. The van der Waals surface area contributed by atoms with Crippen molar-refractivity contribution in [2.75, 3.05) is 57.7 Å². The van der Waals surface area contributed by atoms with Gasteiger partial charge in [-0.1, -0.05) is 12.2 Å². The lowest BCUT2D eigenvalue weighted by molar-refractivity contribution is -0.144. The van der Waals surface area contributed by atoms with Gasteiger partial charge in [0.1, 0.15) is 24.3 Å². The summed E-state index contributed by atoms with van der Waals surface area (Å²) in [5.41, 5.74) is 3.28. The normalized spacial score (nSPS) is 25.7. The first kappa shape index (κ1) is 42.7. The van der Waals surface area contributed by atoms with Crippen LogP contribution < -0.4 is 32.1 Å².